The molecule has 1 atom stereocenters. The van der Waals surface area contributed by atoms with Crippen LogP contribution < -0.4 is 5.32 Å². The molecule has 1 aromatic rings. The zero-order chi connectivity index (χ0) is 14.3. The van der Waals surface area contributed by atoms with Crippen LogP contribution in [0.2, 0.25) is 0 Å². The number of hydrogen-bond donors (Lipinski definition) is 2. The molecule has 1 heterocycles. The molecule has 0 aliphatic heterocycles. The number of rotatable bonds is 7. The maximum absolute atomic E-state index is 11.7. The van der Waals surface area contributed by atoms with E-state index in [1.165, 1.54) is 18.4 Å². The highest BCUT2D eigenvalue weighted by Crippen LogP contribution is 2.09. The summed E-state index contributed by atoms with van der Waals surface area (Å²) in [5.74, 6) is -2.04. The molecule has 7 heteroatoms. The first-order valence-electron chi connectivity index (χ1n) is 5.64. The molecule has 0 radical (unpaired) electrons. The van der Waals surface area contributed by atoms with Crippen LogP contribution in [0, 0.1) is 0 Å². The van der Waals surface area contributed by atoms with Crippen molar-refractivity contribution >= 4 is 29.2 Å². The second-order valence-corrected chi connectivity index (χ2v) is 4.86. The molecule has 2 N–H and O–H groups in total. The number of carboxylic acid groups (broad SMARTS) is 1. The maximum Gasteiger partial charge on any atom is 0.326 e. The predicted molar refractivity (Wildman–Crippen MR) is 68.8 cm³/mol. The van der Waals surface area contributed by atoms with Crippen LogP contribution in [0.5, 0.6) is 0 Å². The van der Waals surface area contributed by atoms with Gasteiger partial charge in [0.1, 0.15) is 6.04 Å². The zero-order valence-electron chi connectivity index (χ0n) is 10.4. The third-order valence-electron chi connectivity index (χ3n) is 2.41. The van der Waals surface area contributed by atoms with Gasteiger partial charge in [0, 0.05) is 11.3 Å². The highest BCUT2D eigenvalue weighted by Gasteiger charge is 2.21. The zero-order valence-corrected chi connectivity index (χ0v) is 11.2. The van der Waals surface area contributed by atoms with Gasteiger partial charge in [0.25, 0.3) is 0 Å². The summed E-state index contributed by atoms with van der Waals surface area (Å²) in [5.41, 5.74) is 0. The smallest absolute Gasteiger partial charge is 0.326 e. The Bertz CT molecular complexity index is 443. The first-order valence-corrected chi connectivity index (χ1v) is 6.52. The first-order chi connectivity index (χ1) is 9.02. The molecule has 1 rings (SSSR count). The summed E-state index contributed by atoms with van der Waals surface area (Å²) in [6.07, 6.45) is 0.102. The van der Waals surface area contributed by atoms with Crippen molar-refractivity contribution in [1.82, 2.24) is 5.32 Å². The van der Waals surface area contributed by atoms with E-state index in [9.17, 15) is 14.4 Å². The number of carbonyl (C=O) groups is 3. The van der Waals surface area contributed by atoms with Crippen LogP contribution in [0.1, 0.15) is 17.7 Å². The van der Waals surface area contributed by atoms with E-state index in [-0.39, 0.29) is 25.2 Å². The lowest BCUT2D eigenvalue weighted by Gasteiger charge is -2.13. The van der Waals surface area contributed by atoms with Crippen molar-refractivity contribution in [3.63, 3.8) is 0 Å². The van der Waals surface area contributed by atoms with Gasteiger partial charge in [-0.05, 0) is 17.9 Å². The fourth-order valence-corrected chi connectivity index (χ4v) is 2.14. The van der Waals surface area contributed by atoms with Crippen molar-refractivity contribution in [2.45, 2.75) is 25.3 Å². The minimum atomic E-state index is -1.16. The summed E-state index contributed by atoms with van der Waals surface area (Å²) in [7, 11) is 1.23. The highest BCUT2D eigenvalue weighted by molar-refractivity contribution is 7.10. The Balaban J connectivity index is 2.46. The van der Waals surface area contributed by atoms with Gasteiger partial charge in [0.05, 0.1) is 13.5 Å². The molecule has 0 saturated heterocycles. The van der Waals surface area contributed by atoms with E-state index in [2.05, 4.69) is 10.1 Å². The Kier molecular flexibility index (Phi) is 6.01. The standard InChI is InChI=1S/C12H15NO5S/c1-18-11(15)5-4-9(12(16)17)13-10(14)7-8-3-2-6-19-8/h2-3,6,9H,4-5,7H2,1H3,(H,13,14)(H,16,17). The molecular formula is C12H15NO5S. The van der Waals surface area contributed by atoms with Gasteiger partial charge in [0.15, 0.2) is 0 Å². The topological polar surface area (TPSA) is 92.7 Å². The number of methoxy groups -OCH3 is 1. The summed E-state index contributed by atoms with van der Waals surface area (Å²) < 4.78 is 4.43. The van der Waals surface area contributed by atoms with Crippen molar-refractivity contribution in [3.05, 3.63) is 22.4 Å². The van der Waals surface area contributed by atoms with Gasteiger partial charge in [0.2, 0.25) is 5.91 Å². The third kappa shape index (κ3) is 5.52. The number of nitrogens with one attached hydrogen (secondary N) is 1. The molecule has 0 spiro atoms. The van der Waals surface area contributed by atoms with E-state index >= 15 is 0 Å². The van der Waals surface area contributed by atoms with Gasteiger partial charge in [-0.2, -0.15) is 0 Å². The summed E-state index contributed by atoms with van der Waals surface area (Å²) in [6, 6.07) is 2.54. The Morgan fingerprint density at radius 3 is 2.74 bits per heavy atom. The quantitative estimate of drug-likeness (QED) is 0.723. The Morgan fingerprint density at radius 2 is 2.21 bits per heavy atom. The SMILES string of the molecule is COC(=O)CCC(NC(=O)Cc1cccs1)C(=O)O. The van der Waals surface area contributed by atoms with E-state index < -0.39 is 18.0 Å². The summed E-state index contributed by atoms with van der Waals surface area (Å²) in [5, 5.41) is 13.2. The largest absolute Gasteiger partial charge is 0.480 e. The molecule has 104 valence electrons. The number of aliphatic carboxylic acids is 1. The van der Waals surface area contributed by atoms with Gasteiger partial charge in [-0.25, -0.2) is 4.79 Å². The second kappa shape index (κ2) is 7.52. The molecular weight excluding hydrogens is 270 g/mol. The second-order valence-electron chi connectivity index (χ2n) is 3.83. The third-order valence-corrected chi connectivity index (χ3v) is 3.29. The minimum absolute atomic E-state index is 0.0121. The monoisotopic (exact) mass is 285 g/mol. The number of thiophene rings is 1. The molecule has 6 nitrogen and oxygen atoms in total. The van der Waals surface area contributed by atoms with Crippen LogP contribution in [-0.2, 0) is 25.5 Å². The van der Waals surface area contributed by atoms with Crippen LogP contribution in [0.15, 0.2) is 17.5 Å². The van der Waals surface area contributed by atoms with E-state index in [0.717, 1.165) is 4.88 Å². The minimum Gasteiger partial charge on any atom is -0.480 e. The van der Waals surface area contributed by atoms with Gasteiger partial charge in [-0.3, -0.25) is 9.59 Å². The van der Waals surface area contributed by atoms with Crippen molar-refractivity contribution in [2.75, 3.05) is 7.11 Å². The molecule has 1 unspecified atom stereocenters. The Hall–Kier alpha value is -1.89. The maximum atomic E-state index is 11.7. The van der Waals surface area contributed by atoms with Crippen molar-refractivity contribution in [2.24, 2.45) is 0 Å². The molecule has 0 aromatic carbocycles. The fourth-order valence-electron chi connectivity index (χ4n) is 1.44. The lowest BCUT2D eigenvalue weighted by atomic mass is 10.1. The Morgan fingerprint density at radius 1 is 1.47 bits per heavy atom. The number of amides is 1. The van der Waals surface area contributed by atoms with Crippen LogP contribution in [-0.4, -0.2) is 36.1 Å². The van der Waals surface area contributed by atoms with Crippen LogP contribution in [0.3, 0.4) is 0 Å². The first kappa shape index (κ1) is 15.2. The van der Waals surface area contributed by atoms with Crippen LogP contribution in [0.25, 0.3) is 0 Å². The molecule has 0 aliphatic carbocycles. The number of ether oxygens (including phenoxy) is 1. The average Bonchev–Trinajstić information content (AvgIpc) is 2.86. The van der Waals surface area contributed by atoms with Gasteiger partial charge < -0.3 is 15.2 Å². The van der Waals surface area contributed by atoms with Crippen LogP contribution in [0.4, 0.5) is 0 Å². The average molecular weight is 285 g/mol. The molecule has 0 saturated carbocycles. The molecule has 1 aromatic heterocycles. The molecule has 0 aliphatic rings. The van der Waals surface area contributed by atoms with E-state index in [0.29, 0.717) is 0 Å². The number of carboxylic acids is 1. The number of carbonyl (C=O) groups excluding carboxylic acids is 2. The van der Waals surface area contributed by atoms with E-state index in [1.54, 1.807) is 6.07 Å². The molecule has 0 bridgehead atoms. The lowest BCUT2D eigenvalue weighted by molar-refractivity contribution is -0.144. The highest BCUT2D eigenvalue weighted by atomic mass is 32.1. The number of hydrogen-bond acceptors (Lipinski definition) is 5. The normalized spacial score (nSPS) is 11.6. The van der Waals surface area contributed by atoms with E-state index in [4.69, 9.17) is 5.11 Å². The Labute approximate surface area is 114 Å². The van der Waals surface area contributed by atoms with Crippen molar-refractivity contribution in [1.29, 1.82) is 0 Å². The summed E-state index contributed by atoms with van der Waals surface area (Å²) in [6.45, 7) is 0. The van der Waals surface area contributed by atoms with Gasteiger partial charge >= 0.3 is 11.9 Å². The lowest BCUT2D eigenvalue weighted by Crippen LogP contribution is -2.41. The molecule has 19 heavy (non-hydrogen) atoms. The van der Waals surface area contributed by atoms with Gasteiger partial charge in [-0.15, -0.1) is 11.3 Å². The molecule has 0 fully saturated rings. The summed E-state index contributed by atoms with van der Waals surface area (Å²) >= 11 is 1.43. The van der Waals surface area contributed by atoms with Crippen molar-refractivity contribution < 1.29 is 24.2 Å². The number of esters is 1. The summed E-state index contributed by atoms with van der Waals surface area (Å²) in [4.78, 5) is 34.4. The van der Waals surface area contributed by atoms with Gasteiger partial charge in [-0.1, -0.05) is 6.07 Å². The molecule has 1 amide bonds. The van der Waals surface area contributed by atoms with Crippen molar-refractivity contribution in [3.8, 4) is 0 Å². The van der Waals surface area contributed by atoms with E-state index in [1.807, 2.05) is 11.4 Å². The fraction of sp³-hybridized carbons (Fsp3) is 0.417. The van der Waals surface area contributed by atoms with Crippen LogP contribution >= 0.6 is 11.3 Å². The predicted octanol–water partition coefficient (Wildman–Crippen LogP) is 0.813.